The molecule has 13 heavy (non-hydrogen) atoms. The van der Waals surface area contributed by atoms with Crippen molar-refractivity contribution in [2.75, 3.05) is 0 Å². The third-order valence-corrected chi connectivity index (χ3v) is 2.40. The molecule has 0 radical (unpaired) electrons. The maximum atomic E-state index is 7.11. The van der Waals surface area contributed by atoms with Gasteiger partial charge in [-0.25, -0.2) is 0 Å². The summed E-state index contributed by atoms with van der Waals surface area (Å²) >= 11 is 9.12. The van der Waals surface area contributed by atoms with Crippen LogP contribution in [-0.4, -0.2) is 5.84 Å². The Hall–Kier alpha value is -0.250. The molecule has 1 aromatic carbocycles. The summed E-state index contributed by atoms with van der Waals surface area (Å²) in [6.45, 7) is 0. The van der Waals surface area contributed by atoms with Crippen LogP contribution >= 0.6 is 39.9 Å². The number of hydrogen-bond donors (Lipinski definition) is 2. The van der Waals surface area contributed by atoms with Crippen LogP contribution in [0.3, 0.4) is 0 Å². The van der Waals surface area contributed by atoms with E-state index in [0.29, 0.717) is 11.4 Å². The van der Waals surface area contributed by atoms with E-state index in [-0.39, 0.29) is 18.2 Å². The van der Waals surface area contributed by atoms with Crippen molar-refractivity contribution in [3.8, 4) is 0 Å². The Labute approximate surface area is 96.5 Å². The minimum absolute atomic E-state index is 0. The van der Waals surface area contributed by atoms with Gasteiger partial charge in [-0.05, 0) is 23.8 Å². The van der Waals surface area contributed by atoms with E-state index in [2.05, 4.69) is 15.9 Å². The number of halogens is 3. The van der Waals surface area contributed by atoms with Crippen LogP contribution in [0, 0.1) is 5.41 Å². The predicted octanol–water partition coefficient (Wildman–Crippen LogP) is 3.00. The highest BCUT2D eigenvalue weighted by molar-refractivity contribution is 9.10. The normalized spacial score (nSPS) is 9.08. The molecule has 0 aromatic heterocycles. The van der Waals surface area contributed by atoms with E-state index in [1.807, 2.05) is 6.07 Å². The zero-order valence-electron chi connectivity index (χ0n) is 6.68. The van der Waals surface area contributed by atoms with Gasteiger partial charge in [-0.1, -0.05) is 27.5 Å². The van der Waals surface area contributed by atoms with Crippen LogP contribution in [0.15, 0.2) is 22.7 Å². The lowest BCUT2D eigenvalue weighted by Gasteiger charge is -2.02. The van der Waals surface area contributed by atoms with Crippen molar-refractivity contribution in [3.63, 3.8) is 0 Å². The van der Waals surface area contributed by atoms with E-state index in [1.54, 1.807) is 12.1 Å². The number of nitrogens with two attached hydrogens (primary N) is 1. The van der Waals surface area contributed by atoms with E-state index in [1.165, 1.54) is 0 Å². The van der Waals surface area contributed by atoms with Gasteiger partial charge in [-0.2, -0.15) is 0 Å². The van der Waals surface area contributed by atoms with Gasteiger partial charge in [0.2, 0.25) is 0 Å². The maximum Gasteiger partial charge on any atom is 0.0950 e. The van der Waals surface area contributed by atoms with Crippen molar-refractivity contribution < 1.29 is 0 Å². The van der Waals surface area contributed by atoms with Gasteiger partial charge in [0.25, 0.3) is 0 Å². The molecule has 0 bridgehead atoms. The molecule has 0 aliphatic heterocycles. The molecule has 0 atom stereocenters. The SMILES string of the molecule is Cl.N=C(N)Cc1cc(Cl)ccc1Br. The lowest BCUT2D eigenvalue weighted by atomic mass is 10.1. The average molecular weight is 284 g/mol. The number of amidine groups is 1. The molecule has 0 saturated carbocycles. The monoisotopic (exact) mass is 282 g/mol. The predicted molar refractivity (Wildman–Crippen MR) is 62.0 cm³/mol. The van der Waals surface area contributed by atoms with Crippen molar-refractivity contribution in [2.24, 2.45) is 5.73 Å². The molecular formula is C8H9BrCl2N2. The second-order valence-electron chi connectivity index (χ2n) is 2.44. The molecule has 1 rings (SSSR count). The van der Waals surface area contributed by atoms with Gasteiger partial charge < -0.3 is 5.73 Å². The molecule has 0 fully saturated rings. The zero-order valence-corrected chi connectivity index (χ0v) is 9.84. The van der Waals surface area contributed by atoms with Crippen LogP contribution < -0.4 is 5.73 Å². The third-order valence-electron chi connectivity index (χ3n) is 1.39. The first-order valence-corrected chi connectivity index (χ1v) is 4.53. The van der Waals surface area contributed by atoms with E-state index in [4.69, 9.17) is 22.7 Å². The summed E-state index contributed by atoms with van der Waals surface area (Å²) in [6, 6.07) is 5.43. The topological polar surface area (TPSA) is 49.9 Å². The van der Waals surface area contributed by atoms with Crippen molar-refractivity contribution in [1.82, 2.24) is 0 Å². The van der Waals surface area contributed by atoms with E-state index in [0.717, 1.165) is 10.0 Å². The summed E-state index contributed by atoms with van der Waals surface area (Å²) in [6.07, 6.45) is 0.432. The highest BCUT2D eigenvalue weighted by Gasteiger charge is 2.01. The minimum Gasteiger partial charge on any atom is -0.387 e. The molecule has 72 valence electrons. The Balaban J connectivity index is 0.00000144. The minimum atomic E-state index is 0. The Kier molecular flexibility index (Phi) is 5.37. The first-order valence-electron chi connectivity index (χ1n) is 3.36. The summed E-state index contributed by atoms with van der Waals surface area (Å²) in [7, 11) is 0. The molecule has 0 unspecified atom stereocenters. The molecule has 0 aliphatic rings. The van der Waals surface area contributed by atoms with Crippen LogP contribution in [0.5, 0.6) is 0 Å². The summed E-state index contributed by atoms with van der Waals surface area (Å²) in [4.78, 5) is 0. The first-order chi connectivity index (χ1) is 5.59. The molecule has 0 heterocycles. The molecule has 2 nitrogen and oxygen atoms in total. The molecule has 3 N–H and O–H groups in total. The van der Waals surface area contributed by atoms with Gasteiger partial charge in [-0.3, -0.25) is 5.41 Å². The van der Waals surface area contributed by atoms with Gasteiger partial charge in [0.15, 0.2) is 0 Å². The van der Waals surface area contributed by atoms with Crippen molar-refractivity contribution in [2.45, 2.75) is 6.42 Å². The summed E-state index contributed by atoms with van der Waals surface area (Å²) in [5, 5.41) is 7.77. The quantitative estimate of drug-likeness (QED) is 0.636. The fraction of sp³-hybridized carbons (Fsp3) is 0.125. The Morgan fingerprint density at radius 2 is 2.15 bits per heavy atom. The van der Waals surface area contributed by atoms with Crippen LogP contribution in [0.1, 0.15) is 5.56 Å². The molecule has 5 heteroatoms. The smallest absolute Gasteiger partial charge is 0.0950 e. The van der Waals surface area contributed by atoms with Crippen LogP contribution in [0.2, 0.25) is 5.02 Å². The Morgan fingerprint density at radius 3 is 2.69 bits per heavy atom. The molecule has 0 amide bonds. The standard InChI is InChI=1S/C8H8BrClN2.ClH/c9-7-2-1-6(10)3-5(7)4-8(11)12;/h1-3H,4H2,(H3,11,12);1H. The number of nitrogens with one attached hydrogen (secondary N) is 1. The maximum absolute atomic E-state index is 7.11. The molecule has 0 spiro atoms. The lowest BCUT2D eigenvalue weighted by Crippen LogP contribution is -2.12. The summed E-state index contributed by atoms with van der Waals surface area (Å²) in [5.41, 5.74) is 6.20. The average Bonchev–Trinajstić information content (AvgIpc) is 1.96. The Bertz CT molecular complexity index is 315. The zero-order chi connectivity index (χ0) is 9.14. The fourth-order valence-corrected chi connectivity index (χ4v) is 1.47. The number of hydrogen-bond acceptors (Lipinski definition) is 1. The lowest BCUT2D eigenvalue weighted by molar-refractivity contribution is 1.23. The van der Waals surface area contributed by atoms with Crippen molar-refractivity contribution >= 4 is 45.8 Å². The van der Waals surface area contributed by atoms with Gasteiger partial charge in [0.05, 0.1) is 5.84 Å². The van der Waals surface area contributed by atoms with Crippen molar-refractivity contribution in [3.05, 3.63) is 33.3 Å². The van der Waals surface area contributed by atoms with Gasteiger partial charge in [0, 0.05) is 15.9 Å². The van der Waals surface area contributed by atoms with Gasteiger partial charge >= 0.3 is 0 Å². The highest BCUT2D eigenvalue weighted by atomic mass is 79.9. The van der Waals surface area contributed by atoms with Crippen molar-refractivity contribution in [1.29, 1.82) is 5.41 Å². The van der Waals surface area contributed by atoms with Gasteiger partial charge in [0.1, 0.15) is 0 Å². The molecular weight excluding hydrogens is 275 g/mol. The Morgan fingerprint density at radius 1 is 1.54 bits per heavy atom. The first kappa shape index (κ1) is 12.8. The molecule has 0 saturated heterocycles. The van der Waals surface area contributed by atoms with Crippen LogP contribution in [-0.2, 0) is 6.42 Å². The van der Waals surface area contributed by atoms with Gasteiger partial charge in [-0.15, -0.1) is 12.4 Å². The molecule has 1 aromatic rings. The van der Waals surface area contributed by atoms with E-state index < -0.39 is 0 Å². The third kappa shape index (κ3) is 3.98. The van der Waals surface area contributed by atoms with Crippen LogP contribution in [0.4, 0.5) is 0 Å². The second-order valence-corrected chi connectivity index (χ2v) is 3.73. The summed E-state index contributed by atoms with van der Waals surface area (Å²) in [5.74, 6) is 0.137. The van der Waals surface area contributed by atoms with E-state index >= 15 is 0 Å². The van der Waals surface area contributed by atoms with Crippen LogP contribution in [0.25, 0.3) is 0 Å². The highest BCUT2D eigenvalue weighted by Crippen LogP contribution is 2.21. The second kappa shape index (κ2) is 5.47. The fourth-order valence-electron chi connectivity index (χ4n) is 0.884. The summed E-state index contributed by atoms with van der Waals surface area (Å²) < 4.78 is 0.933. The van der Waals surface area contributed by atoms with E-state index in [9.17, 15) is 0 Å². The largest absolute Gasteiger partial charge is 0.387 e. The molecule has 0 aliphatic carbocycles. The number of benzene rings is 1. The number of rotatable bonds is 2.